The minimum atomic E-state index is -4.45. The Balaban J connectivity index is 1.83. The Morgan fingerprint density at radius 2 is 1.93 bits per heavy atom. The van der Waals surface area contributed by atoms with Gasteiger partial charge < -0.3 is 10.1 Å². The molecule has 29 heavy (non-hydrogen) atoms. The van der Waals surface area contributed by atoms with Gasteiger partial charge in [0.15, 0.2) is 0 Å². The third-order valence-corrected chi connectivity index (χ3v) is 4.93. The van der Waals surface area contributed by atoms with Crippen LogP contribution in [0.2, 0.25) is 5.02 Å². The van der Waals surface area contributed by atoms with Crippen molar-refractivity contribution in [2.75, 3.05) is 7.11 Å². The number of hydrogen-bond donors (Lipinski definition) is 1. The highest BCUT2D eigenvalue weighted by Gasteiger charge is 2.30. The van der Waals surface area contributed by atoms with Crippen LogP contribution in [0.3, 0.4) is 0 Å². The van der Waals surface area contributed by atoms with E-state index in [1.165, 1.54) is 18.3 Å². The van der Waals surface area contributed by atoms with Gasteiger partial charge in [0.1, 0.15) is 5.75 Å². The summed E-state index contributed by atoms with van der Waals surface area (Å²) in [5, 5.41) is 3.73. The zero-order chi connectivity index (χ0) is 21.3. The molecule has 3 rings (SSSR count). The molecule has 0 aliphatic heterocycles. The van der Waals surface area contributed by atoms with Gasteiger partial charge in [0.2, 0.25) is 0 Å². The van der Waals surface area contributed by atoms with E-state index in [1.807, 2.05) is 13.0 Å². The number of aryl methyl sites for hydroxylation is 1. The maximum atomic E-state index is 12.8. The Bertz CT molecular complexity index is 1080. The summed E-state index contributed by atoms with van der Waals surface area (Å²) < 4.78 is 43.7. The molecule has 0 unspecified atom stereocenters. The fourth-order valence-electron chi connectivity index (χ4n) is 3.02. The Labute approximate surface area is 170 Å². The van der Waals surface area contributed by atoms with Gasteiger partial charge in [-0.05, 0) is 55.3 Å². The summed E-state index contributed by atoms with van der Waals surface area (Å²) in [5.74, 6) is 0.241. The molecule has 0 saturated carbocycles. The molecule has 1 heterocycles. The van der Waals surface area contributed by atoms with Crippen LogP contribution < -0.4 is 10.1 Å². The van der Waals surface area contributed by atoms with Crippen LogP contribution in [-0.2, 0) is 6.18 Å². The van der Waals surface area contributed by atoms with Gasteiger partial charge in [-0.3, -0.25) is 9.78 Å². The zero-order valence-corrected chi connectivity index (χ0v) is 16.7. The molecular formula is C21H18ClF3N2O2. The third kappa shape index (κ3) is 4.45. The van der Waals surface area contributed by atoms with E-state index >= 15 is 0 Å². The van der Waals surface area contributed by atoms with Crippen molar-refractivity contribution in [1.29, 1.82) is 0 Å². The van der Waals surface area contributed by atoms with Crippen molar-refractivity contribution in [3.63, 3.8) is 0 Å². The molecule has 0 aliphatic rings. The van der Waals surface area contributed by atoms with E-state index in [0.29, 0.717) is 16.2 Å². The summed E-state index contributed by atoms with van der Waals surface area (Å²) in [5.41, 5.74) is 1.22. The minimum absolute atomic E-state index is 0.165. The molecule has 0 fully saturated rings. The van der Waals surface area contributed by atoms with Crippen LogP contribution in [0.15, 0.2) is 42.6 Å². The number of aromatic nitrogens is 1. The van der Waals surface area contributed by atoms with Crippen molar-refractivity contribution < 1.29 is 22.7 Å². The number of hydrogen-bond acceptors (Lipinski definition) is 3. The second-order valence-corrected chi connectivity index (χ2v) is 7.07. The fraction of sp³-hybridized carbons (Fsp3) is 0.238. The number of nitrogens with one attached hydrogen (secondary N) is 1. The molecule has 2 aromatic carbocycles. The molecule has 1 N–H and O–H groups in total. The van der Waals surface area contributed by atoms with Crippen LogP contribution in [0.5, 0.6) is 5.75 Å². The third-order valence-electron chi connectivity index (χ3n) is 4.60. The summed E-state index contributed by atoms with van der Waals surface area (Å²) in [4.78, 5) is 16.6. The van der Waals surface area contributed by atoms with Gasteiger partial charge in [-0.15, -0.1) is 0 Å². The number of carbonyl (C=O) groups excluding carboxylic acids is 1. The quantitative estimate of drug-likeness (QED) is 0.585. The van der Waals surface area contributed by atoms with E-state index < -0.39 is 23.7 Å². The van der Waals surface area contributed by atoms with Crippen molar-refractivity contribution in [3.8, 4) is 5.75 Å². The predicted octanol–water partition coefficient (Wildman–Crippen LogP) is 5.72. The van der Waals surface area contributed by atoms with Crippen LogP contribution in [0, 0.1) is 6.92 Å². The standard InChI is InChI=1S/C21H18ClF3N2O2/c1-11-6-16(17(22)9-19(11)29-3)12(2)27-20(28)14-7-13-4-5-15(21(23,24)25)8-18(13)26-10-14/h4-10,12H,1-3H3,(H,27,28)/t12-/m1/s1. The average Bonchev–Trinajstić information content (AvgIpc) is 2.67. The summed E-state index contributed by atoms with van der Waals surface area (Å²) in [6, 6.07) is 7.85. The molecule has 0 spiro atoms. The molecule has 0 saturated heterocycles. The predicted molar refractivity (Wildman–Crippen MR) is 105 cm³/mol. The molecule has 0 bridgehead atoms. The molecule has 1 atom stereocenters. The zero-order valence-electron chi connectivity index (χ0n) is 15.9. The first-order chi connectivity index (χ1) is 13.6. The highest BCUT2D eigenvalue weighted by molar-refractivity contribution is 6.31. The van der Waals surface area contributed by atoms with Crippen molar-refractivity contribution in [2.24, 2.45) is 0 Å². The molecule has 8 heteroatoms. The SMILES string of the molecule is COc1cc(Cl)c([C@@H](C)NC(=O)c2cnc3cc(C(F)(F)F)ccc3c2)cc1C. The summed E-state index contributed by atoms with van der Waals surface area (Å²) in [6.45, 7) is 3.66. The van der Waals surface area contributed by atoms with Crippen LogP contribution in [0.25, 0.3) is 10.9 Å². The van der Waals surface area contributed by atoms with Gasteiger partial charge in [-0.1, -0.05) is 17.7 Å². The summed E-state index contributed by atoms with van der Waals surface area (Å²) >= 11 is 6.30. The number of pyridine rings is 1. The van der Waals surface area contributed by atoms with E-state index in [-0.39, 0.29) is 11.1 Å². The first kappa shape index (κ1) is 20.9. The van der Waals surface area contributed by atoms with Crippen molar-refractivity contribution in [2.45, 2.75) is 26.1 Å². The maximum absolute atomic E-state index is 12.8. The molecule has 3 aromatic rings. The molecular weight excluding hydrogens is 405 g/mol. The maximum Gasteiger partial charge on any atom is 0.416 e. The van der Waals surface area contributed by atoms with E-state index in [2.05, 4.69) is 10.3 Å². The number of fused-ring (bicyclic) bond motifs is 1. The normalized spacial score (nSPS) is 12.7. The average molecular weight is 423 g/mol. The minimum Gasteiger partial charge on any atom is -0.496 e. The number of halogens is 4. The second-order valence-electron chi connectivity index (χ2n) is 6.67. The van der Waals surface area contributed by atoms with Crippen molar-refractivity contribution in [3.05, 3.63) is 69.9 Å². The Morgan fingerprint density at radius 1 is 1.21 bits per heavy atom. The number of rotatable bonds is 4. The highest BCUT2D eigenvalue weighted by atomic mass is 35.5. The monoisotopic (exact) mass is 422 g/mol. The van der Waals surface area contributed by atoms with Gasteiger partial charge in [-0.25, -0.2) is 0 Å². The number of ether oxygens (including phenoxy) is 1. The number of benzene rings is 2. The van der Waals surface area contributed by atoms with E-state index in [1.54, 1.807) is 20.1 Å². The Hall–Kier alpha value is -2.80. The van der Waals surface area contributed by atoms with Crippen molar-refractivity contribution in [1.82, 2.24) is 10.3 Å². The summed E-state index contributed by atoms with van der Waals surface area (Å²) in [7, 11) is 1.55. The van der Waals surface area contributed by atoms with Gasteiger partial charge in [0.05, 0.1) is 29.8 Å². The van der Waals surface area contributed by atoms with Crippen LogP contribution in [0.4, 0.5) is 13.2 Å². The number of nitrogens with zero attached hydrogens (tertiary/aromatic N) is 1. The van der Waals surface area contributed by atoms with E-state index in [9.17, 15) is 18.0 Å². The topological polar surface area (TPSA) is 51.2 Å². The summed E-state index contributed by atoms with van der Waals surface area (Å²) in [6.07, 6.45) is -3.19. The van der Waals surface area contributed by atoms with E-state index in [0.717, 1.165) is 23.3 Å². The lowest BCUT2D eigenvalue weighted by Crippen LogP contribution is -2.27. The first-order valence-corrected chi connectivity index (χ1v) is 9.10. The smallest absolute Gasteiger partial charge is 0.416 e. The molecule has 0 radical (unpaired) electrons. The lowest BCUT2D eigenvalue weighted by Gasteiger charge is -2.18. The van der Waals surface area contributed by atoms with Gasteiger partial charge in [0.25, 0.3) is 5.91 Å². The lowest BCUT2D eigenvalue weighted by atomic mass is 10.0. The fourth-order valence-corrected chi connectivity index (χ4v) is 3.33. The van der Waals surface area contributed by atoms with Crippen molar-refractivity contribution >= 4 is 28.4 Å². The lowest BCUT2D eigenvalue weighted by molar-refractivity contribution is -0.137. The largest absolute Gasteiger partial charge is 0.496 e. The molecule has 0 aliphatic carbocycles. The molecule has 1 amide bonds. The van der Waals surface area contributed by atoms with Crippen LogP contribution in [0.1, 0.15) is 40.0 Å². The van der Waals surface area contributed by atoms with Gasteiger partial charge in [0, 0.05) is 16.6 Å². The highest BCUT2D eigenvalue weighted by Crippen LogP contribution is 2.32. The number of alkyl halides is 3. The Morgan fingerprint density at radius 3 is 2.59 bits per heavy atom. The van der Waals surface area contributed by atoms with Gasteiger partial charge in [-0.2, -0.15) is 13.2 Å². The molecule has 1 aromatic heterocycles. The number of carbonyl (C=O) groups is 1. The molecule has 152 valence electrons. The Kier molecular flexibility index (Phi) is 5.71. The molecule has 4 nitrogen and oxygen atoms in total. The first-order valence-electron chi connectivity index (χ1n) is 8.72. The van der Waals surface area contributed by atoms with E-state index in [4.69, 9.17) is 16.3 Å². The van der Waals surface area contributed by atoms with Gasteiger partial charge >= 0.3 is 6.18 Å². The number of methoxy groups -OCH3 is 1. The van der Waals surface area contributed by atoms with Crippen LogP contribution in [-0.4, -0.2) is 18.0 Å². The number of amides is 1. The van der Waals surface area contributed by atoms with Crippen LogP contribution >= 0.6 is 11.6 Å². The second kappa shape index (κ2) is 7.91.